The molecule has 0 saturated heterocycles. The van der Waals surface area contributed by atoms with Crippen LogP contribution in [-0.4, -0.2) is 13.0 Å². The molecule has 0 bridgehead atoms. The molecule has 0 saturated carbocycles. The molecule has 0 aliphatic carbocycles. The molecule has 10 heteroatoms. The minimum atomic E-state index is -4.31. The monoisotopic (exact) mass is 358 g/mol. The summed E-state index contributed by atoms with van der Waals surface area (Å²) < 4.78 is 72.1. The minimum Gasteiger partial charge on any atom is -0.408 e. The SMILES string of the molecule is Cn1c(=O)oc2cc(S(=O)(=O)Nc3ccc(F)c(F)c3F)ccc21. The average Bonchev–Trinajstić information content (AvgIpc) is 2.82. The van der Waals surface area contributed by atoms with Gasteiger partial charge in [0.1, 0.15) is 0 Å². The van der Waals surface area contributed by atoms with E-state index >= 15 is 0 Å². The number of fused-ring (bicyclic) bond motifs is 1. The maximum Gasteiger partial charge on any atom is 0.419 e. The quantitative estimate of drug-likeness (QED) is 0.729. The van der Waals surface area contributed by atoms with E-state index in [-0.39, 0.29) is 10.5 Å². The largest absolute Gasteiger partial charge is 0.419 e. The van der Waals surface area contributed by atoms with Crippen molar-refractivity contribution >= 4 is 26.8 Å². The molecule has 0 aliphatic heterocycles. The van der Waals surface area contributed by atoms with Crippen molar-refractivity contribution in [3.05, 3.63) is 58.3 Å². The number of anilines is 1. The predicted molar refractivity (Wildman–Crippen MR) is 78.6 cm³/mol. The lowest BCUT2D eigenvalue weighted by Crippen LogP contribution is -2.14. The van der Waals surface area contributed by atoms with Crippen LogP contribution >= 0.6 is 0 Å². The summed E-state index contributed by atoms with van der Waals surface area (Å²) in [7, 11) is -2.87. The van der Waals surface area contributed by atoms with Crippen LogP contribution in [0, 0.1) is 17.5 Å². The zero-order valence-electron chi connectivity index (χ0n) is 12.0. The highest BCUT2D eigenvalue weighted by Crippen LogP contribution is 2.24. The van der Waals surface area contributed by atoms with E-state index in [1.165, 1.54) is 17.7 Å². The Bertz CT molecular complexity index is 1120. The molecule has 0 atom stereocenters. The number of rotatable bonds is 3. The van der Waals surface area contributed by atoms with Gasteiger partial charge < -0.3 is 4.42 Å². The molecule has 0 unspecified atom stereocenters. The third-order valence-corrected chi connectivity index (χ3v) is 4.72. The van der Waals surface area contributed by atoms with Crippen molar-refractivity contribution in [1.82, 2.24) is 4.57 Å². The highest BCUT2D eigenvalue weighted by molar-refractivity contribution is 7.92. The summed E-state index contributed by atoms with van der Waals surface area (Å²) in [6, 6.07) is 4.91. The van der Waals surface area contributed by atoms with E-state index in [1.807, 2.05) is 4.72 Å². The topological polar surface area (TPSA) is 81.3 Å². The van der Waals surface area contributed by atoms with Gasteiger partial charge in [0.15, 0.2) is 23.0 Å². The first-order chi connectivity index (χ1) is 11.2. The van der Waals surface area contributed by atoms with Gasteiger partial charge in [0.2, 0.25) is 0 Å². The van der Waals surface area contributed by atoms with Gasteiger partial charge in [-0.15, -0.1) is 0 Å². The zero-order valence-corrected chi connectivity index (χ0v) is 12.8. The van der Waals surface area contributed by atoms with Crippen molar-refractivity contribution in [2.24, 2.45) is 7.05 Å². The number of halogens is 3. The van der Waals surface area contributed by atoms with Crippen LogP contribution in [0.5, 0.6) is 0 Å². The van der Waals surface area contributed by atoms with Crippen LogP contribution in [-0.2, 0) is 17.1 Å². The third-order valence-electron chi connectivity index (χ3n) is 3.35. The van der Waals surface area contributed by atoms with Gasteiger partial charge in [0, 0.05) is 13.1 Å². The minimum absolute atomic E-state index is 0.0103. The van der Waals surface area contributed by atoms with Crippen molar-refractivity contribution < 1.29 is 26.0 Å². The second-order valence-electron chi connectivity index (χ2n) is 4.88. The highest BCUT2D eigenvalue weighted by atomic mass is 32.2. The summed E-state index contributed by atoms with van der Waals surface area (Å²) in [5, 5.41) is 0. The van der Waals surface area contributed by atoms with E-state index in [0.717, 1.165) is 18.2 Å². The van der Waals surface area contributed by atoms with Crippen LogP contribution in [0.4, 0.5) is 18.9 Å². The number of hydrogen-bond donors (Lipinski definition) is 1. The summed E-state index contributed by atoms with van der Waals surface area (Å²) >= 11 is 0. The van der Waals surface area contributed by atoms with Crippen LogP contribution < -0.4 is 10.5 Å². The first kappa shape index (κ1) is 16.1. The third kappa shape index (κ3) is 2.54. The summed E-state index contributed by atoms with van der Waals surface area (Å²) in [5.41, 5.74) is -0.377. The number of aromatic nitrogens is 1. The van der Waals surface area contributed by atoms with E-state index in [9.17, 15) is 26.4 Å². The molecular formula is C14H9F3N2O4S. The average molecular weight is 358 g/mol. The van der Waals surface area contributed by atoms with Gasteiger partial charge in [0.25, 0.3) is 10.0 Å². The smallest absolute Gasteiger partial charge is 0.408 e. The summed E-state index contributed by atoms with van der Waals surface area (Å²) in [5.74, 6) is -5.58. The van der Waals surface area contributed by atoms with Gasteiger partial charge in [-0.25, -0.2) is 26.4 Å². The Labute approximate surface area is 133 Å². The Morgan fingerprint density at radius 1 is 1.08 bits per heavy atom. The molecular weight excluding hydrogens is 349 g/mol. The Balaban J connectivity index is 2.05. The molecule has 1 heterocycles. The molecule has 1 aromatic heterocycles. The summed E-state index contributed by atoms with van der Waals surface area (Å²) in [6.07, 6.45) is 0. The van der Waals surface area contributed by atoms with E-state index in [0.29, 0.717) is 11.6 Å². The van der Waals surface area contributed by atoms with Crippen LogP contribution in [0.2, 0.25) is 0 Å². The van der Waals surface area contributed by atoms with Gasteiger partial charge in [-0.1, -0.05) is 0 Å². The number of nitrogens with one attached hydrogen (secondary N) is 1. The molecule has 3 rings (SSSR count). The maximum absolute atomic E-state index is 13.6. The van der Waals surface area contributed by atoms with Crippen LogP contribution in [0.25, 0.3) is 11.1 Å². The summed E-state index contributed by atoms with van der Waals surface area (Å²) in [4.78, 5) is 11.1. The van der Waals surface area contributed by atoms with Crippen molar-refractivity contribution in [2.75, 3.05) is 4.72 Å². The number of hydrogen-bond acceptors (Lipinski definition) is 4. The molecule has 1 N–H and O–H groups in total. The van der Waals surface area contributed by atoms with Crippen LogP contribution in [0.1, 0.15) is 0 Å². The predicted octanol–water partition coefficient (Wildman–Crippen LogP) is 2.35. The van der Waals surface area contributed by atoms with Gasteiger partial charge in [-0.3, -0.25) is 9.29 Å². The standard InChI is InChI=1S/C14H9F3N2O4S/c1-19-10-5-2-7(6-11(10)23-14(19)20)24(21,22)18-9-4-3-8(15)12(16)13(9)17/h2-6,18H,1H3. The second-order valence-corrected chi connectivity index (χ2v) is 6.57. The molecule has 6 nitrogen and oxygen atoms in total. The molecule has 0 aliphatic rings. The fourth-order valence-electron chi connectivity index (χ4n) is 2.09. The zero-order chi connectivity index (χ0) is 17.6. The van der Waals surface area contributed by atoms with Gasteiger partial charge in [-0.2, -0.15) is 0 Å². The van der Waals surface area contributed by atoms with E-state index in [4.69, 9.17) is 4.42 Å². The van der Waals surface area contributed by atoms with Crippen LogP contribution in [0.3, 0.4) is 0 Å². The van der Waals surface area contributed by atoms with Gasteiger partial charge in [-0.05, 0) is 24.3 Å². The lowest BCUT2D eigenvalue weighted by molar-refractivity contribution is 0.449. The normalized spacial score (nSPS) is 11.8. The van der Waals surface area contributed by atoms with E-state index in [2.05, 4.69) is 0 Å². The Kier molecular flexibility index (Phi) is 3.63. The van der Waals surface area contributed by atoms with Crippen LogP contribution in [0.15, 0.2) is 44.4 Å². The Hall–Kier alpha value is -2.75. The maximum atomic E-state index is 13.6. The van der Waals surface area contributed by atoms with E-state index < -0.39 is 38.9 Å². The lowest BCUT2D eigenvalue weighted by atomic mass is 10.3. The van der Waals surface area contributed by atoms with Gasteiger partial charge in [0.05, 0.1) is 16.1 Å². The number of oxazole rings is 1. The van der Waals surface area contributed by atoms with Crippen molar-refractivity contribution in [1.29, 1.82) is 0 Å². The molecule has 2 aromatic carbocycles. The fourth-order valence-corrected chi connectivity index (χ4v) is 3.16. The molecule has 0 radical (unpaired) electrons. The Morgan fingerprint density at radius 2 is 1.79 bits per heavy atom. The first-order valence-corrected chi connectivity index (χ1v) is 7.95. The molecule has 0 fully saturated rings. The van der Waals surface area contributed by atoms with Crippen molar-refractivity contribution in [3.63, 3.8) is 0 Å². The number of sulfonamides is 1. The molecule has 24 heavy (non-hydrogen) atoms. The van der Waals surface area contributed by atoms with Crippen molar-refractivity contribution in [2.45, 2.75) is 4.90 Å². The number of aryl methyl sites for hydroxylation is 1. The Morgan fingerprint density at radius 3 is 2.50 bits per heavy atom. The number of nitrogens with zero attached hydrogens (tertiary/aromatic N) is 1. The fraction of sp³-hybridized carbons (Fsp3) is 0.0714. The highest BCUT2D eigenvalue weighted by Gasteiger charge is 2.21. The number of benzene rings is 2. The van der Waals surface area contributed by atoms with Gasteiger partial charge >= 0.3 is 5.76 Å². The van der Waals surface area contributed by atoms with E-state index in [1.54, 1.807) is 0 Å². The molecule has 126 valence electrons. The second kappa shape index (κ2) is 5.41. The first-order valence-electron chi connectivity index (χ1n) is 6.46. The lowest BCUT2D eigenvalue weighted by Gasteiger charge is -2.09. The van der Waals surface area contributed by atoms with Crippen molar-refractivity contribution in [3.8, 4) is 0 Å². The summed E-state index contributed by atoms with van der Waals surface area (Å²) in [6.45, 7) is 0. The molecule has 0 spiro atoms. The molecule has 0 amide bonds. The molecule has 3 aromatic rings.